The Morgan fingerprint density at radius 3 is 1.88 bits per heavy atom. The molecule has 0 spiro atoms. The molecule has 1 nitrogen and oxygen atoms in total. The molecule has 1 unspecified atom stereocenters. The molecule has 0 N–H and O–H groups in total. The molecule has 3 heteroatoms. The predicted octanol–water partition coefficient (Wildman–Crippen LogP) is 6.61. The van der Waals surface area contributed by atoms with Gasteiger partial charge in [-0.3, -0.25) is 4.31 Å². The van der Waals surface area contributed by atoms with Crippen molar-refractivity contribution in [2.24, 2.45) is 0 Å². The third-order valence-electron chi connectivity index (χ3n) is 4.46. The van der Waals surface area contributed by atoms with Crippen LogP contribution < -0.4 is 4.31 Å². The molecule has 0 saturated heterocycles. The van der Waals surface area contributed by atoms with Crippen molar-refractivity contribution < 1.29 is 0 Å². The molecular weight excluding hydrogens is 354 g/mol. The van der Waals surface area contributed by atoms with Crippen LogP contribution >= 0.6 is 20.5 Å². The number of rotatable bonds is 3. The van der Waals surface area contributed by atoms with E-state index in [0.29, 0.717) is 0 Å². The molecule has 2 heterocycles. The van der Waals surface area contributed by atoms with Gasteiger partial charge in [0.25, 0.3) is 0 Å². The van der Waals surface area contributed by atoms with Crippen LogP contribution in [0.25, 0.3) is 10.5 Å². The molecule has 2 aliphatic rings. The van der Waals surface area contributed by atoms with Gasteiger partial charge in [0.1, 0.15) is 0 Å². The van der Waals surface area contributed by atoms with Crippen LogP contribution in [0.3, 0.4) is 0 Å². The molecule has 0 aliphatic carbocycles. The molecule has 3 aromatic rings. The summed E-state index contributed by atoms with van der Waals surface area (Å²) in [4.78, 5) is 2.77. The second-order valence-corrected chi connectivity index (χ2v) is 9.53. The van der Waals surface area contributed by atoms with Gasteiger partial charge < -0.3 is 0 Å². The average molecular weight is 372 g/mol. The van der Waals surface area contributed by atoms with Gasteiger partial charge in [-0.15, -0.1) is 0 Å². The lowest BCUT2D eigenvalue weighted by Gasteiger charge is -2.20. The van der Waals surface area contributed by atoms with Crippen molar-refractivity contribution in [3.8, 4) is 0 Å². The fourth-order valence-corrected chi connectivity index (χ4v) is 7.55. The van der Waals surface area contributed by atoms with Crippen molar-refractivity contribution in [3.63, 3.8) is 0 Å². The van der Waals surface area contributed by atoms with Crippen molar-refractivity contribution in [1.29, 1.82) is 0 Å². The fourth-order valence-electron chi connectivity index (χ4n) is 3.18. The molecule has 26 heavy (non-hydrogen) atoms. The minimum absolute atomic E-state index is 0.0363. The second-order valence-electron chi connectivity index (χ2n) is 6.14. The van der Waals surface area contributed by atoms with E-state index in [0.717, 1.165) is 0 Å². The van der Waals surface area contributed by atoms with Crippen LogP contribution in [-0.2, 0) is 0 Å². The summed E-state index contributed by atoms with van der Waals surface area (Å²) in [6.07, 6.45) is 4.69. The number of hydrogen-bond acceptors (Lipinski definition) is 2. The summed E-state index contributed by atoms with van der Waals surface area (Å²) in [6, 6.07) is 32.1. The molecule has 0 amide bonds. The number of nitrogens with zero attached hydrogens (tertiary/aromatic N) is 1. The Kier molecular flexibility index (Phi) is 4.04. The lowest BCUT2D eigenvalue weighted by molar-refractivity contribution is 1.46. The molecular formula is C23H17NS2. The zero-order chi connectivity index (χ0) is 17.3. The molecule has 0 bridgehead atoms. The van der Waals surface area contributed by atoms with E-state index in [1.54, 1.807) is 0 Å². The van der Waals surface area contributed by atoms with Gasteiger partial charge in [0.2, 0.25) is 0 Å². The quantitative estimate of drug-likeness (QED) is 0.376. The van der Waals surface area contributed by atoms with Crippen LogP contribution in [0.1, 0.15) is 11.1 Å². The van der Waals surface area contributed by atoms with E-state index in [9.17, 15) is 0 Å². The normalized spacial score (nSPS) is 18.5. The highest BCUT2D eigenvalue weighted by atomic mass is 33.1. The van der Waals surface area contributed by atoms with Crippen LogP contribution in [0.4, 0.5) is 5.69 Å². The Labute approximate surface area is 160 Å². The number of hydrogen-bond donors (Lipinski definition) is 0. The lowest BCUT2D eigenvalue weighted by atomic mass is 10.0. The van der Waals surface area contributed by atoms with Gasteiger partial charge in [-0.25, -0.2) is 0 Å². The Morgan fingerprint density at radius 2 is 1.23 bits per heavy atom. The number of benzene rings is 3. The third kappa shape index (κ3) is 2.74. The average Bonchev–Trinajstić information content (AvgIpc) is 3.29. The van der Waals surface area contributed by atoms with Crippen LogP contribution in [0.5, 0.6) is 0 Å². The van der Waals surface area contributed by atoms with Gasteiger partial charge in [0, 0.05) is 21.5 Å². The third-order valence-corrected chi connectivity index (χ3v) is 8.57. The first kappa shape index (κ1) is 15.7. The summed E-state index contributed by atoms with van der Waals surface area (Å²) in [5.41, 5.74) is 5.16. The first-order chi connectivity index (χ1) is 12.9. The molecule has 0 fully saturated rings. The Balaban J connectivity index is 1.61. The van der Waals surface area contributed by atoms with Gasteiger partial charge >= 0.3 is 0 Å². The summed E-state index contributed by atoms with van der Waals surface area (Å²) in [7, 11) is 1.93. The number of allylic oxidation sites excluding steroid dienone is 2. The van der Waals surface area contributed by atoms with Crippen LogP contribution in [0, 0.1) is 0 Å². The van der Waals surface area contributed by atoms with E-state index >= 15 is 0 Å². The fraction of sp³-hybridized carbons (Fsp3) is 0. The molecule has 1 atom stereocenters. The van der Waals surface area contributed by atoms with Crippen molar-refractivity contribution in [2.45, 2.75) is 0 Å². The van der Waals surface area contributed by atoms with Crippen LogP contribution in [-0.4, -0.2) is 4.86 Å². The lowest BCUT2D eigenvalue weighted by Crippen LogP contribution is -2.03. The molecule has 126 valence electrons. The minimum atomic E-state index is -0.0363. The highest BCUT2D eigenvalue weighted by molar-refractivity contribution is 8.88. The van der Waals surface area contributed by atoms with Crippen molar-refractivity contribution in [2.75, 3.05) is 4.31 Å². The summed E-state index contributed by atoms with van der Waals surface area (Å²) in [6.45, 7) is 0. The van der Waals surface area contributed by atoms with Gasteiger partial charge in [-0.1, -0.05) is 78.9 Å². The largest absolute Gasteiger partial charge is 0.288 e. The minimum Gasteiger partial charge on any atom is -0.288 e. The molecule has 0 radical (unpaired) electrons. The maximum absolute atomic E-state index is 2.43. The molecule has 2 aliphatic heterocycles. The first-order valence-electron chi connectivity index (χ1n) is 8.59. The van der Waals surface area contributed by atoms with Crippen LogP contribution in [0.2, 0.25) is 0 Å². The Hall–Kier alpha value is -2.49. The monoisotopic (exact) mass is 371 g/mol. The number of anilines is 1. The van der Waals surface area contributed by atoms with Gasteiger partial charge in [0.15, 0.2) is 0 Å². The van der Waals surface area contributed by atoms with E-state index in [4.69, 9.17) is 0 Å². The molecule has 3 aromatic carbocycles. The van der Waals surface area contributed by atoms with Crippen molar-refractivity contribution >= 4 is 41.5 Å². The van der Waals surface area contributed by atoms with Crippen molar-refractivity contribution in [1.82, 2.24) is 0 Å². The molecule has 0 saturated carbocycles. The highest BCUT2D eigenvalue weighted by Crippen LogP contribution is 2.57. The number of para-hydroxylation sites is 1. The predicted molar refractivity (Wildman–Crippen MR) is 118 cm³/mol. The van der Waals surface area contributed by atoms with E-state index < -0.39 is 0 Å². The Bertz CT molecular complexity index is 1040. The van der Waals surface area contributed by atoms with E-state index in [1.165, 1.54) is 32.2 Å². The second kappa shape index (κ2) is 6.67. The first-order valence-corrected chi connectivity index (χ1v) is 11.1. The van der Waals surface area contributed by atoms with Gasteiger partial charge in [-0.2, -0.15) is 0 Å². The Morgan fingerprint density at radius 1 is 0.654 bits per heavy atom. The van der Waals surface area contributed by atoms with Crippen molar-refractivity contribution in [3.05, 3.63) is 114 Å². The van der Waals surface area contributed by atoms with E-state index in [-0.39, 0.29) is 9.70 Å². The summed E-state index contributed by atoms with van der Waals surface area (Å²) in [5, 5.41) is 0. The summed E-state index contributed by atoms with van der Waals surface area (Å²) >= 11 is 0. The zero-order valence-electron chi connectivity index (χ0n) is 14.1. The zero-order valence-corrected chi connectivity index (χ0v) is 15.7. The van der Waals surface area contributed by atoms with E-state index in [1.807, 2.05) is 10.8 Å². The van der Waals surface area contributed by atoms with Crippen LogP contribution in [0.15, 0.2) is 103 Å². The van der Waals surface area contributed by atoms with Gasteiger partial charge in [0.05, 0.1) is 5.69 Å². The smallest absolute Gasteiger partial charge is 0.0521 e. The maximum Gasteiger partial charge on any atom is 0.0521 e. The highest BCUT2D eigenvalue weighted by Gasteiger charge is 2.30. The van der Waals surface area contributed by atoms with E-state index in [2.05, 4.69) is 108 Å². The standard InChI is InChI=1S/C23H17NS2/c1-4-10-18(11-5-1)21-17-24(20-14-8-3-9-15-20)26-23(21)16-22(25-26)19-12-6-2-7-13-19/h1-17H. The molecule has 5 rings (SSSR count). The SMILES string of the molecule is C1=C(c2ccccc2)SS2=C1C(c1ccccc1)=CN2c1ccccc1. The topological polar surface area (TPSA) is 3.24 Å². The summed E-state index contributed by atoms with van der Waals surface area (Å²) < 4.78 is 2.43. The maximum atomic E-state index is 2.43. The summed E-state index contributed by atoms with van der Waals surface area (Å²) in [5.74, 6) is 0. The molecule has 0 aromatic heterocycles. The van der Waals surface area contributed by atoms with Gasteiger partial charge in [-0.05, 0) is 49.8 Å².